The van der Waals surface area contributed by atoms with Crippen LogP contribution in [0.15, 0.2) is 18.2 Å². The van der Waals surface area contributed by atoms with Crippen molar-refractivity contribution in [2.45, 2.75) is 38.9 Å². The molecule has 1 aromatic rings. The van der Waals surface area contributed by atoms with Crippen molar-refractivity contribution in [1.29, 1.82) is 0 Å². The lowest BCUT2D eigenvalue weighted by Gasteiger charge is -2.19. The number of benzene rings is 1. The second kappa shape index (κ2) is 5.45. The summed E-state index contributed by atoms with van der Waals surface area (Å²) in [6.07, 6.45) is 0.615. The van der Waals surface area contributed by atoms with Gasteiger partial charge in [-0.1, -0.05) is 6.07 Å². The molecule has 2 nitrogen and oxygen atoms in total. The van der Waals surface area contributed by atoms with E-state index >= 15 is 0 Å². The highest BCUT2D eigenvalue weighted by atomic mass is 19.1. The molecular weight excluding hydrogens is 224 g/mol. The van der Waals surface area contributed by atoms with E-state index in [1.165, 1.54) is 26.0 Å². The smallest absolute Gasteiger partial charge is 0.164 e. The average Bonchev–Trinajstić information content (AvgIpc) is 2.20. The number of halogens is 2. The Balaban J connectivity index is 2.50. The minimum atomic E-state index is -1.25. The minimum Gasteiger partial charge on any atom is -0.505 e. The second-order valence-corrected chi connectivity index (χ2v) is 4.99. The first-order valence-electron chi connectivity index (χ1n) is 5.67. The van der Waals surface area contributed by atoms with Crippen LogP contribution in [0.2, 0.25) is 0 Å². The van der Waals surface area contributed by atoms with Crippen molar-refractivity contribution in [3.63, 3.8) is 0 Å². The lowest BCUT2D eigenvalue weighted by Crippen LogP contribution is -2.37. The summed E-state index contributed by atoms with van der Waals surface area (Å²) >= 11 is 0. The van der Waals surface area contributed by atoms with Crippen LogP contribution in [0.5, 0.6) is 5.75 Å². The molecule has 1 rings (SSSR count). The predicted octanol–water partition coefficient (Wildman–Crippen LogP) is 2.80. The summed E-state index contributed by atoms with van der Waals surface area (Å²) in [4.78, 5) is 0. The molecule has 0 amide bonds. The molecule has 96 valence electrons. The fraction of sp³-hybridized carbons (Fsp3) is 0.538. The highest BCUT2D eigenvalue weighted by Gasteiger charge is 2.16. The molecule has 0 heterocycles. The number of rotatable bonds is 5. The molecular formula is C13H19F2NO. The van der Waals surface area contributed by atoms with Gasteiger partial charge >= 0.3 is 0 Å². The van der Waals surface area contributed by atoms with Gasteiger partial charge in [0.15, 0.2) is 11.6 Å². The number of alkyl halides is 1. The van der Waals surface area contributed by atoms with Crippen molar-refractivity contribution >= 4 is 0 Å². The Morgan fingerprint density at radius 1 is 1.41 bits per heavy atom. The molecule has 0 aliphatic heterocycles. The molecule has 2 N–H and O–H groups in total. The van der Waals surface area contributed by atoms with Crippen molar-refractivity contribution in [3.8, 4) is 5.75 Å². The maximum atomic E-state index is 13.3. The number of nitrogens with one attached hydrogen (secondary N) is 1. The SMILES string of the molecule is CC(Cc1ccc(F)c(O)c1)NCC(C)(C)F. The fourth-order valence-corrected chi connectivity index (χ4v) is 1.53. The molecule has 1 unspecified atom stereocenters. The summed E-state index contributed by atoms with van der Waals surface area (Å²) in [6.45, 7) is 5.21. The summed E-state index contributed by atoms with van der Waals surface area (Å²) in [5.74, 6) is -0.972. The molecule has 0 aliphatic rings. The zero-order valence-electron chi connectivity index (χ0n) is 10.4. The Bertz CT molecular complexity index is 374. The Hall–Kier alpha value is -1.16. The molecule has 4 heteroatoms. The molecule has 0 saturated heterocycles. The summed E-state index contributed by atoms with van der Waals surface area (Å²) in [7, 11) is 0. The van der Waals surface area contributed by atoms with Crippen molar-refractivity contribution in [2.24, 2.45) is 0 Å². The Morgan fingerprint density at radius 3 is 2.59 bits per heavy atom. The van der Waals surface area contributed by atoms with Gasteiger partial charge in [0.05, 0.1) is 0 Å². The lowest BCUT2D eigenvalue weighted by atomic mass is 10.1. The van der Waals surface area contributed by atoms with Crippen LogP contribution >= 0.6 is 0 Å². The van der Waals surface area contributed by atoms with Gasteiger partial charge in [0, 0.05) is 12.6 Å². The molecule has 0 aliphatic carbocycles. The minimum absolute atomic E-state index is 0.0647. The molecule has 0 spiro atoms. The normalized spacial score (nSPS) is 13.7. The molecule has 17 heavy (non-hydrogen) atoms. The number of hydrogen-bond donors (Lipinski definition) is 2. The summed E-state index contributed by atoms with van der Waals surface area (Å²) in [5.41, 5.74) is -0.431. The molecule has 0 saturated carbocycles. The van der Waals surface area contributed by atoms with Crippen molar-refractivity contribution in [3.05, 3.63) is 29.6 Å². The van der Waals surface area contributed by atoms with Crippen molar-refractivity contribution in [1.82, 2.24) is 5.32 Å². The van der Waals surface area contributed by atoms with Gasteiger partial charge in [-0.15, -0.1) is 0 Å². The number of phenolic OH excluding ortho intramolecular Hbond substituents is 1. The Labute approximate surface area is 101 Å². The third-order valence-electron chi connectivity index (χ3n) is 2.42. The van der Waals surface area contributed by atoms with E-state index in [2.05, 4.69) is 5.32 Å². The number of phenols is 1. The third-order valence-corrected chi connectivity index (χ3v) is 2.42. The molecule has 0 bridgehead atoms. The van der Waals surface area contributed by atoms with Crippen LogP contribution in [0.25, 0.3) is 0 Å². The van der Waals surface area contributed by atoms with Crippen LogP contribution in [0, 0.1) is 5.82 Å². The van der Waals surface area contributed by atoms with Crippen LogP contribution in [0.4, 0.5) is 8.78 Å². The first-order valence-corrected chi connectivity index (χ1v) is 5.67. The van der Waals surface area contributed by atoms with Gasteiger partial charge in [0.2, 0.25) is 0 Å². The van der Waals surface area contributed by atoms with E-state index in [4.69, 9.17) is 0 Å². The van der Waals surface area contributed by atoms with E-state index in [-0.39, 0.29) is 18.3 Å². The predicted molar refractivity (Wildman–Crippen MR) is 64.4 cm³/mol. The summed E-state index contributed by atoms with van der Waals surface area (Å²) in [5, 5.41) is 12.3. The van der Waals surface area contributed by atoms with Crippen LogP contribution < -0.4 is 5.32 Å². The van der Waals surface area contributed by atoms with Crippen molar-refractivity contribution in [2.75, 3.05) is 6.54 Å². The summed E-state index contributed by atoms with van der Waals surface area (Å²) < 4.78 is 26.1. The first kappa shape index (κ1) is 13.9. The van der Waals surface area contributed by atoms with Crippen molar-refractivity contribution < 1.29 is 13.9 Å². The largest absolute Gasteiger partial charge is 0.505 e. The van der Waals surface area contributed by atoms with E-state index in [0.717, 1.165) is 5.56 Å². The maximum Gasteiger partial charge on any atom is 0.164 e. The van der Waals surface area contributed by atoms with Crippen LogP contribution in [0.1, 0.15) is 26.3 Å². The average molecular weight is 243 g/mol. The van der Waals surface area contributed by atoms with E-state index in [1.54, 1.807) is 6.07 Å². The first-order chi connectivity index (χ1) is 7.78. The molecule has 0 radical (unpaired) electrons. The van der Waals surface area contributed by atoms with Gasteiger partial charge in [-0.2, -0.15) is 0 Å². The van der Waals surface area contributed by atoms with E-state index < -0.39 is 11.5 Å². The Kier molecular flexibility index (Phi) is 4.46. The fourth-order valence-electron chi connectivity index (χ4n) is 1.53. The van der Waals surface area contributed by atoms with Crippen LogP contribution in [-0.2, 0) is 6.42 Å². The van der Waals surface area contributed by atoms with E-state index in [0.29, 0.717) is 6.42 Å². The monoisotopic (exact) mass is 243 g/mol. The highest BCUT2D eigenvalue weighted by molar-refractivity contribution is 5.29. The Morgan fingerprint density at radius 2 is 2.06 bits per heavy atom. The topological polar surface area (TPSA) is 32.3 Å². The summed E-state index contributed by atoms with van der Waals surface area (Å²) in [6, 6.07) is 4.31. The molecule has 0 aromatic heterocycles. The quantitative estimate of drug-likeness (QED) is 0.833. The highest BCUT2D eigenvalue weighted by Crippen LogP contribution is 2.17. The number of aromatic hydroxyl groups is 1. The van der Waals surface area contributed by atoms with Gasteiger partial charge < -0.3 is 10.4 Å². The van der Waals surface area contributed by atoms with Crippen LogP contribution in [0.3, 0.4) is 0 Å². The maximum absolute atomic E-state index is 13.3. The van der Waals surface area contributed by atoms with Crippen LogP contribution in [-0.4, -0.2) is 23.4 Å². The molecule has 1 aromatic carbocycles. The van der Waals surface area contributed by atoms with Gasteiger partial charge in [0.1, 0.15) is 5.67 Å². The van der Waals surface area contributed by atoms with Gasteiger partial charge in [0.25, 0.3) is 0 Å². The van der Waals surface area contributed by atoms with Gasteiger partial charge in [-0.05, 0) is 44.9 Å². The van der Waals surface area contributed by atoms with Gasteiger partial charge in [-0.25, -0.2) is 8.78 Å². The third kappa shape index (κ3) is 5.13. The lowest BCUT2D eigenvalue weighted by molar-refractivity contribution is 0.204. The van der Waals surface area contributed by atoms with E-state index in [1.807, 2.05) is 6.92 Å². The molecule has 0 fully saturated rings. The standard InChI is InChI=1S/C13H19F2NO/c1-9(16-8-13(2,3)15)6-10-4-5-11(14)12(17)7-10/h4-5,7,9,16-17H,6,8H2,1-3H3. The zero-order chi connectivity index (χ0) is 13.1. The zero-order valence-corrected chi connectivity index (χ0v) is 10.4. The second-order valence-electron chi connectivity index (χ2n) is 4.99. The molecule has 1 atom stereocenters. The van der Waals surface area contributed by atoms with Gasteiger partial charge in [-0.3, -0.25) is 0 Å². The van der Waals surface area contributed by atoms with E-state index in [9.17, 15) is 13.9 Å². The number of hydrogen-bond acceptors (Lipinski definition) is 2.